The Hall–Kier alpha value is -1.98. The molecule has 0 radical (unpaired) electrons. The molecule has 1 atom stereocenters. The van der Waals surface area contributed by atoms with Crippen molar-refractivity contribution in [3.05, 3.63) is 58.7 Å². The van der Waals surface area contributed by atoms with E-state index in [0.717, 1.165) is 81.6 Å². The summed E-state index contributed by atoms with van der Waals surface area (Å²) >= 11 is 0. The molecular formula is C29H43NO7S. The van der Waals surface area contributed by atoms with Crippen LogP contribution in [0.15, 0.2) is 41.3 Å². The summed E-state index contributed by atoms with van der Waals surface area (Å²) in [6, 6.07) is 11.1. The van der Waals surface area contributed by atoms with E-state index in [-0.39, 0.29) is 6.61 Å². The van der Waals surface area contributed by atoms with Gasteiger partial charge >= 0.3 is 5.97 Å². The molecule has 8 nitrogen and oxygen atoms in total. The van der Waals surface area contributed by atoms with Gasteiger partial charge in [-0.1, -0.05) is 31.0 Å². The van der Waals surface area contributed by atoms with Crippen molar-refractivity contribution in [2.45, 2.75) is 75.9 Å². The third kappa shape index (κ3) is 9.64. The molecule has 2 aromatic rings. The highest BCUT2D eigenvalue weighted by molar-refractivity contribution is 8.24. The number of ether oxygens (including phenoxy) is 2. The number of esters is 1. The molecule has 0 unspecified atom stereocenters. The van der Waals surface area contributed by atoms with Gasteiger partial charge in [-0.2, -0.15) is 10.6 Å². The maximum Gasteiger partial charge on any atom is 0.308 e. The summed E-state index contributed by atoms with van der Waals surface area (Å²) in [5, 5.41) is 23.2. The Kier molecular flexibility index (Phi) is 12.5. The fraction of sp³-hybridized carbons (Fsp3) is 0.552. The predicted octanol–water partition coefficient (Wildman–Crippen LogP) is 4.99. The Bertz CT molecular complexity index is 1030. The van der Waals surface area contributed by atoms with Crippen molar-refractivity contribution >= 4 is 16.6 Å². The quantitative estimate of drug-likeness (QED) is 0.106. The van der Waals surface area contributed by atoms with Gasteiger partial charge in [0.2, 0.25) is 0 Å². The number of aliphatic hydroxyl groups excluding tert-OH is 2. The van der Waals surface area contributed by atoms with Crippen LogP contribution in [0.5, 0.6) is 5.75 Å². The van der Waals surface area contributed by atoms with Crippen LogP contribution >= 0.6 is 10.6 Å². The van der Waals surface area contributed by atoms with Crippen molar-refractivity contribution < 1.29 is 33.6 Å². The van der Waals surface area contributed by atoms with E-state index in [1.165, 1.54) is 12.5 Å². The molecule has 1 aliphatic rings. The SMILES string of the molecule is CC(=O)Oc1ccc([C@@H](O)CNCCCCCCOCCCCc2ccc3c(c2)S(O)(O)CC3)cc1CO. The fourth-order valence-electron chi connectivity index (χ4n) is 4.61. The number of rotatable bonds is 17. The molecule has 0 saturated carbocycles. The lowest BCUT2D eigenvalue weighted by Gasteiger charge is -2.27. The van der Waals surface area contributed by atoms with Crippen LogP contribution in [-0.4, -0.2) is 57.3 Å². The monoisotopic (exact) mass is 549 g/mol. The van der Waals surface area contributed by atoms with Crippen molar-refractivity contribution in [3.63, 3.8) is 0 Å². The number of hydrogen-bond acceptors (Lipinski definition) is 8. The molecule has 0 aromatic heterocycles. The van der Waals surface area contributed by atoms with Gasteiger partial charge in [0.1, 0.15) is 5.75 Å². The van der Waals surface area contributed by atoms with Crippen molar-refractivity contribution in [1.29, 1.82) is 0 Å². The number of benzene rings is 2. The molecule has 0 amide bonds. The minimum atomic E-state index is -2.57. The lowest BCUT2D eigenvalue weighted by atomic mass is 10.1. The maximum absolute atomic E-state index is 11.1. The molecule has 38 heavy (non-hydrogen) atoms. The van der Waals surface area contributed by atoms with Gasteiger partial charge in [-0.15, -0.1) is 0 Å². The Balaban J connectivity index is 1.17. The van der Waals surface area contributed by atoms with E-state index in [1.807, 2.05) is 12.1 Å². The lowest BCUT2D eigenvalue weighted by Crippen LogP contribution is -2.22. The smallest absolute Gasteiger partial charge is 0.308 e. The lowest BCUT2D eigenvalue weighted by molar-refractivity contribution is -0.131. The number of carbonyl (C=O) groups is 1. The second-order valence-electron chi connectivity index (χ2n) is 9.89. The molecule has 0 saturated heterocycles. The van der Waals surface area contributed by atoms with Gasteiger partial charge in [0.05, 0.1) is 17.6 Å². The van der Waals surface area contributed by atoms with E-state index in [0.29, 0.717) is 29.2 Å². The first-order valence-electron chi connectivity index (χ1n) is 13.6. The summed E-state index contributed by atoms with van der Waals surface area (Å²) in [5.74, 6) is 0.321. The van der Waals surface area contributed by atoms with E-state index in [1.54, 1.807) is 18.2 Å². The molecule has 3 rings (SSSR count). The Labute approximate surface area is 227 Å². The average Bonchev–Trinajstić information content (AvgIpc) is 3.20. The number of fused-ring (bicyclic) bond motifs is 1. The molecule has 9 heteroatoms. The molecule has 5 N–H and O–H groups in total. The molecule has 0 aliphatic carbocycles. The molecule has 0 spiro atoms. The van der Waals surface area contributed by atoms with Crippen LogP contribution in [0, 0.1) is 0 Å². The molecule has 0 fully saturated rings. The van der Waals surface area contributed by atoms with E-state index in [9.17, 15) is 24.1 Å². The highest BCUT2D eigenvalue weighted by Crippen LogP contribution is 2.55. The zero-order chi connectivity index (χ0) is 27.4. The summed E-state index contributed by atoms with van der Waals surface area (Å²) in [5.41, 5.74) is 3.38. The Morgan fingerprint density at radius 2 is 1.79 bits per heavy atom. The van der Waals surface area contributed by atoms with Gasteiger partial charge in [0.25, 0.3) is 0 Å². The molecule has 0 bridgehead atoms. The van der Waals surface area contributed by atoms with Gasteiger partial charge in [-0.05, 0) is 80.0 Å². The van der Waals surface area contributed by atoms with Crippen molar-refractivity contribution in [1.82, 2.24) is 5.32 Å². The largest absolute Gasteiger partial charge is 0.426 e. The average molecular weight is 550 g/mol. The first-order valence-corrected chi connectivity index (χ1v) is 15.3. The summed E-state index contributed by atoms with van der Waals surface area (Å²) in [4.78, 5) is 11.9. The van der Waals surface area contributed by atoms with Crippen LogP contribution in [0.1, 0.15) is 73.8 Å². The van der Waals surface area contributed by atoms with Crippen LogP contribution in [0.3, 0.4) is 0 Å². The summed E-state index contributed by atoms with van der Waals surface area (Å²) in [7, 11) is -2.57. The molecule has 2 aromatic carbocycles. The normalized spacial score (nSPS) is 15.7. The third-order valence-electron chi connectivity index (χ3n) is 6.77. The molecule has 1 heterocycles. The Morgan fingerprint density at radius 3 is 2.55 bits per heavy atom. The van der Waals surface area contributed by atoms with Gasteiger partial charge < -0.3 is 25.0 Å². The van der Waals surface area contributed by atoms with Crippen LogP contribution in [0.4, 0.5) is 0 Å². The zero-order valence-corrected chi connectivity index (χ0v) is 23.2. The minimum absolute atomic E-state index is 0.270. The predicted molar refractivity (Wildman–Crippen MR) is 150 cm³/mol. The van der Waals surface area contributed by atoms with Crippen LogP contribution in [0.25, 0.3) is 0 Å². The third-order valence-corrected chi connectivity index (χ3v) is 8.63. The van der Waals surface area contributed by atoms with Crippen LogP contribution in [0.2, 0.25) is 0 Å². The maximum atomic E-state index is 11.1. The number of aliphatic hydroxyl groups is 2. The number of aryl methyl sites for hydroxylation is 2. The second-order valence-corrected chi connectivity index (χ2v) is 12.1. The summed E-state index contributed by atoms with van der Waals surface area (Å²) in [6.45, 7) is 3.78. The highest BCUT2D eigenvalue weighted by Gasteiger charge is 2.26. The van der Waals surface area contributed by atoms with Crippen molar-refractivity contribution in [2.75, 3.05) is 32.1 Å². The van der Waals surface area contributed by atoms with Gasteiger partial charge in [0.15, 0.2) is 0 Å². The van der Waals surface area contributed by atoms with Gasteiger partial charge in [-0.3, -0.25) is 13.9 Å². The van der Waals surface area contributed by atoms with Crippen LogP contribution in [-0.2, 0) is 29.0 Å². The second kappa shape index (κ2) is 15.6. The van der Waals surface area contributed by atoms with Crippen molar-refractivity contribution in [3.8, 4) is 5.75 Å². The standard InChI is InChI=1S/C29H43NO7S/c1-22(32)37-28-12-11-25(19-26(28)21-31)27(33)20-30-14-5-2-3-6-15-36-16-7-4-8-23-9-10-24-13-17-38(34,35)29(24)18-23/h9-12,18-19,27,30-31,33-35H,2-8,13-17,20-21H2,1H3/t27-/m0/s1. The van der Waals surface area contributed by atoms with Crippen LogP contribution < -0.4 is 10.1 Å². The summed E-state index contributed by atoms with van der Waals surface area (Å²) < 4.78 is 31.1. The van der Waals surface area contributed by atoms with Crippen molar-refractivity contribution in [2.24, 2.45) is 0 Å². The number of hydrogen-bond donors (Lipinski definition) is 5. The zero-order valence-electron chi connectivity index (χ0n) is 22.4. The highest BCUT2D eigenvalue weighted by atomic mass is 32.3. The first kappa shape index (κ1) is 30.6. The molecule has 1 aliphatic heterocycles. The molecule has 212 valence electrons. The summed E-state index contributed by atoms with van der Waals surface area (Å²) in [6.07, 6.45) is 7.24. The number of carbonyl (C=O) groups excluding carboxylic acids is 1. The fourth-order valence-corrected chi connectivity index (χ4v) is 6.27. The minimum Gasteiger partial charge on any atom is -0.426 e. The van der Waals surface area contributed by atoms with Gasteiger partial charge in [0, 0.05) is 38.0 Å². The van der Waals surface area contributed by atoms with E-state index < -0.39 is 22.7 Å². The van der Waals surface area contributed by atoms with E-state index in [2.05, 4.69) is 11.4 Å². The van der Waals surface area contributed by atoms with E-state index >= 15 is 0 Å². The topological polar surface area (TPSA) is 128 Å². The van der Waals surface area contributed by atoms with E-state index in [4.69, 9.17) is 9.47 Å². The molecular weight excluding hydrogens is 506 g/mol. The number of nitrogens with one attached hydrogen (secondary N) is 1. The Morgan fingerprint density at radius 1 is 1.03 bits per heavy atom. The number of unbranched alkanes of at least 4 members (excludes halogenated alkanes) is 4. The van der Waals surface area contributed by atoms with Gasteiger partial charge in [-0.25, -0.2) is 0 Å². The first-order chi connectivity index (χ1) is 18.3.